The third kappa shape index (κ3) is 6.23. The average molecular weight is 389 g/mol. The summed E-state index contributed by atoms with van der Waals surface area (Å²) in [7, 11) is -3.91. The first-order valence-corrected chi connectivity index (χ1v) is 9.53. The van der Waals surface area contributed by atoms with E-state index in [1.54, 1.807) is 30.3 Å². The highest BCUT2D eigenvalue weighted by Gasteiger charge is 2.15. The van der Waals surface area contributed by atoms with Crippen LogP contribution in [0.15, 0.2) is 59.5 Å². The lowest BCUT2D eigenvalue weighted by atomic mass is 10.2. The third-order valence-electron chi connectivity index (χ3n) is 3.40. The van der Waals surface area contributed by atoms with Crippen molar-refractivity contribution in [3.8, 4) is 0 Å². The van der Waals surface area contributed by atoms with E-state index in [1.165, 1.54) is 24.3 Å². The van der Waals surface area contributed by atoms with Crippen LogP contribution in [0, 0.1) is 0 Å². The van der Waals surface area contributed by atoms with Gasteiger partial charge in [0, 0.05) is 31.1 Å². The minimum absolute atomic E-state index is 0.0600. The molecule has 0 unspecified atom stereocenters. The van der Waals surface area contributed by atoms with Crippen LogP contribution in [0.5, 0.6) is 0 Å². The number of hydrogen-bond donors (Lipinski definition) is 3. The number of benzene rings is 2. The summed E-state index contributed by atoms with van der Waals surface area (Å²) in [6.07, 6.45) is 0.0600. The molecule has 0 aliphatic heterocycles. The number of amides is 3. The van der Waals surface area contributed by atoms with Gasteiger partial charge in [-0.3, -0.25) is 14.4 Å². The maximum absolute atomic E-state index is 11.9. The molecule has 3 N–H and O–H groups in total. The quantitative estimate of drug-likeness (QED) is 0.658. The third-order valence-corrected chi connectivity index (χ3v) is 4.85. The lowest BCUT2D eigenvalue weighted by molar-refractivity contribution is -0.117. The molecule has 0 saturated carbocycles. The van der Waals surface area contributed by atoms with Crippen LogP contribution in [0.2, 0.25) is 0 Å². The maximum atomic E-state index is 11.9. The molecular weight excluding hydrogens is 370 g/mol. The van der Waals surface area contributed by atoms with Gasteiger partial charge in [-0.25, -0.2) is 13.1 Å². The Bertz CT molecular complexity index is 925. The minimum Gasteiger partial charge on any atom is -0.352 e. The normalized spacial score (nSPS) is 10.7. The fraction of sp³-hybridized carbons (Fsp3) is 0.167. The smallest absolute Gasteiger partial charge is 0.264 e. The molecule has 9 heteroatoms. The molecule has 8 nitrogen and oxygen atoms in total. The summed E-state index contributed by atoms with van der Waals surface area (Å²) in [4.78, 5) is 34.6. The second kappa shape index (κ2) is 8.95. The molecule has 2 rings (SSSR count). The van der Waals surface area contributed by atoms with Crippen LogP contribution in [0.25, 0.3) is 0 Å². The zero-order chi connectivity index (χ0) is 19.9. The summed E-state index contributed by atoms with van der Waals surface area (Å²) < 4.78 is 25.5. The van der Waals surface area contributed by atoms with E-state index in [0.29, 0.717) is 11.3 Å². The molecule has 0 saturated heterocycles. The van der Waals surface area contributed by atoms with Crippen LogP contribution in [0.3, 0.4) is 0 Å². The first-order valence-electron chi connectivity index (χ1n) is 8.04. The molecule has 142 valence electrons. The Hall–Kier alpha value is -3.20. The summed E-state index contributed by atoms with van der Waals surface area (Å²) in [6.45, 7) is 1.26. The van der Waals surface area contributed by atoms with Crippen LogP contribution in [0.4, 0.5) is 5.69 Å². The number of nitrogens with one attached hydrogen (secondary N) is 3. The number of hydrogen-bond acceptors (Lipinski definition) is 5. The number of carbonyl (C=O) groups excluding carboxylic acids is 3. The van der Waals surface area contributed by atoms with Crippen LogP contribution >= 0.6 is 0 Å². The molecule has 2 aromatic rings. The predicted octanol–water partition coefficient (Wildman–Crippen LogP) is 1.27. The SMILES string of the molecule is CC(=O)NS(=O)(=O)c1ccc(NC(=O)CCNC(=O)c2ccccc2)cc1. The first-order chi connectivity index (χ1) is 12.8. The van der Waals surface area contributed by atoms with E-state index in [9.17, 15) is 22.8 Å². The van der Waals surface area contributed by atoms with Gasteiger partial charge in [0.2, 0.25) is 11.8 Å². The van der Waals surface area contributed by atoms with Gasteiger partial charge < -0.3 is 10.6 Å². The van der Waals surface area contributed by atoms with E-state index in [0.717, 1.165) is 6.92 Å². The largest absolute Gasteiger partial charge is 0.352 e. The van der Waals surface area contributed by atoms with Gasteiger partial charge in [-0.15, -0.1) is 0 Å². The van der Waals surface area contributed by atoms with Crippen molar-refractivity contribution >= 4 is 33.4 Å². The molecule has 2 aromatic carbocycles. The molecule has 27 heavy (non-hydrogen) atoms. The van der Waals surface area contributed by atoms with Crippen LogP contribution in [-0.4, -0.2) is 32.7 Å². The minimum atomic E-state index is -3.91. The van der Waals surface area contributed by atoms with Crippen LogP contribution in [-0.2, 0) is 19.6 Å². The Labute approximate surface area is 157 Å². The maximum Gasteiger partial charge on any atom is 0.264 e. The summed E-state index contributed by atoms with van der Waals surface area (Å²) >= 11 is 0. The Morgan fingerprint density at radius 3 is 2.15 bits per heavy atom. The summed E-state index contributed by atoms with van der Waals surface area (Å²) in [5.41, 5.74) is 0.907. The highest BCUT2D eigenvalue weighted by atomic mass is 32.2. The van der Waals surface area contributed by atoms with E-state index in [2.05, 4.69) is 10.6 Å². The van der Waals surface area contributed by atoms with E-state index in [4.69, 9.17) is 0 Å². The van der Waals surface area contributed by atoms with Crippen molar-refractivity contribution in [2.75, 3.05) is 11.9 Å². The highest BCUT2D eigenvalue weighted by Crippen LogP contribution is 2.14. The van der Waals surface area contributed by atoms with E-state index in [1.807, 2.05) is 4.72 Å². The van der Waals surface area contributed by atoms with Crippen LogP contribution in [0.1, 0.15) is 23.7 Å². The lowest BCUT2D eigenvalue weighted by Gasteiger charge is -2.08. The predicted molar refractivity (Wildman–Crippen MR) is 99.5 cm³/mol. The molecule has 0 bridgehead atoms. The number of carbonyl (C=O) groups is 3. The topological polar surface area (TPSA) is 121 Å². The molecule has 3 amide bonds. The van der Waals surface area contributed by atoms with Gasteiger partial charge in [0.25, 0.3) is 15.9 Å². The standard InChI is InChI=1S/C18H19N3O5S/c1-13(22)21-27(25,26)16-9-7-15(8-10-16)20-17(23)11-12-19-18(24)14-5-3-2-4-6-14/h2-10H,11-12H2,1H3,(H,19,24)(H,20,23)(H,21,22). The molecule has 0 radical (unpaired) electrons. The van der Waals surface area contributed by atoms with Crippen molar-refractivity contribution in [1.82, 2.24) is 10.0 Å². The van der Waals surface area contributed by atoms with Gasteiger partial charge in [0.05, 0.1) is 4.90 Å². The second-order valence-electron chi connectivity index (χ2n) is 5.61. The van der Waals surface area contributed by atoms with Crippen molar-refractivity contribution in [1.29, 1.82) is 0 Å². The lowest BCUT2D eigenvalue weighted by Crippen LogP contribution is -2.28. The van der Waals surface area contributed by atoms with Crippen molar-refractivity contribution in [3.05, 3.63) is 60.2 Å². The Balaban J connectivity index is 1.84. The van der Waals surface area contributed by atoms with Crippen molar-refractivity contribution in [3.63, 3.8) is 0 Å². The Kier molecular flexibility index (Phi) is 6.67. The van der Waals surface area contributed by atoms with Gasteiger partial charge in [0.15, 0.2) is 0 Å². The monoisotopic (exact) mass is 389 g/mol. The molecule has 0 spiro atoms. The fourth-order valence-electron chi connectivity index (χ4n) is 2.17. The van der Waals surface area contributed by atoms with Gasteiger partial charge in [0.1, 0.15) is 0 Å². The zero-order valence-electron chi connectivity index (χ0n) is 14.6. The molecule has 0 aromatic heterocycles. The summed E-state index contributed by atoms with van der Waals surface area (Å²) in [5, 5.41) is 5.25. The average Bonchev–Trinajstić information content (AvgIpc) is 2.61. The van der Waals surface area contributed by atoms with Gasteiger partial charge >= 0.3 is 0 Å². The van der Waals surface area contributed by atoms with Crippen LogP contribution < -0.4 is 15.4 Å². The van der Waals surface area contributed by atoms with E-state index < -0.39 is 15.9 Å². The molecular formula is C18H19N3O5S. The highest BCUT2D eigenvalue weighted by molar-refractivity contribution is 7.90. The molecule has 0 atom stereocenters. The van der Waals surface area contributed by atoms with Crippen molar-refractivity contribution < 1.29 is 22.8 Å². The number of sulfonamides is 1. The number of rotatable bonds is 7. The van der Waals surface area contributed by atoms with Crippen molar-refractivity contribution in [2.45, 2.75) is 18.2 Å². The van der Waals surface area contributed by atoms with Crippen molar-refractivity contribution in [2.24, 2.45) is 0 Å². The molecule has 0 fully saturated rings. The van der Waals surface area contributed by atoms with Gasteiger partial charge in [-0.2, -0.15) is 0 Å². The van der Waals surface area contributed by atoms with E-state index >= 15 is 0 Å². The molecule has 0 aliphatic carbocycles. The van der Waals surface area contributed by atoms with Gasteiger partial charge in [-0.05, 0) is 36.4 Å². The Morgan fingerprint density at radius 1 is 0.926 bits per heavy atom. The summed E-state index contributed by atoms with van der Waals surface area (Å²) in [5.74, 6) is -1.29. The van der Waals surface area contributed by atoms with E-state index in [-0.39, 0.29) is 29.7 Å². The fourth-order valence-corrected chi connectivity index (χ4v) is 3.16. The first kappa shape index (κ1) is 20.1. The molecule has 0 aliphatic rings. The zero-order valence-corrected chi connectivity index (χ0v) is 15.4. The second-order valence-corrected chi connectivity index (χ2v) is 7.29. The molecule has 0 heterocycles. The summed E-state index contributed by atoms with van der Waals surface area (Å²) in [6, 6.07) is 14.0. The van der Waals surface area contributed by atoms with Gasteiger partial charge in [-0.1, -0.05) is 18.2 Å². The number of anilines is 1. The Morgan fingerprint density at radius 2 is 1.56 bits per heavy atom.